The Morgan fingerprint density at radius 1 is 0.300 bits per heavy atom. The molecular weight excluding hydrogens is 609 g/mol. The first-order valence-corrected chi connectivity index (χ1v) is 18.7. The van der Waals surface area contributed by atoms with Crippen LogP contribution in [0.1, 0.15) is 89.0 Å². The normalized spacial score (nSPS) is 15.0. The number of hydrogen-bond acceptors (Lipinski definition) is 4. The molecule has 50 heavy (non-hydrogen) atoms. The van der Waals surface area contributed by atoms with Crippen molar-refractivity contribution in [3.63, 3.8) is 0 Å². The number of nitrogens with zero attached hydrogens (tertiary/aromatic N) is 4. The topological polar surface area (TPSA) is 13.0 Å². The van der Waals surface area contributed by atoms with E-state index < -0.39 is 0 Å². The Morgan fingerprint density at radius 2 is 0.460 bits per heavy atom. The van der Waals surface area contributed by atoms with Crippen LogP contribution in [-0.4, -0.2) is 45.8 Å². The maximum Gasteiger partial charge on any atom is 0.146 e. The predicted molar refractivity (Wildman–Crippen MR) is 211 cm³/mol. The quantitative estimate of drug-likeness (QED) is 0.185. The summed E-state index contributed by atoms with van der Waals surface area (Å²) in [4.78, 5) is 10.9. The van der Waals surface area contributed by atoms with Crippen molar-refractivity contribution in [2.24, 2.45) is 0 Å². The fraction of sp³-hybridized carbons (Fsp3) is 0.435. The van der Waals surface area contributed by atoms with E-state index in [2.05, 4.69) is 151 Å². The van der Waals surface area contributed by atoms with Crippen LogP contribution in [0.2, 0.25) is 0 Å². The SMILES string of the molecule is Cc1cc(C)c(CN2CCN(Cc3c(C)cc(C)cc3C)C2=C2N(Cc3c(C)cc(C)cc3C)CCN2Cc2c(C)cc(C)cc2C)c(C)c1. The van der Waals surface area contributed by atoms with Crippen LogP contribution in [0.4, 0.5) is 0 Å². The van der Waals surface area contributed by atoms with E-state index in [0.717, 1.165) is 52.4 Å². The van der Waals surface area contributed by atoms with Crippen LogP contribution in [0.5, 0.6) is 0 Å². The minimum atomic E-state index is 0.923. The molecular formula is C46H60N4. The Hall–Kier alpha value is -4.18. The number of rotatable bonds is 8. The van der Waals surface area contributed by atoms with Gasteiger partial charge in [-0.05, 0) is 150 Å². The first-order chi connectivity index (χ1) is 23.7. The van der Waals surface area contributed by atoms with E-state index in [1.54, 1.807) is 0 Å². The van der Waals surface area contributed by atoms with Gasteiger partial charge in [-0.3, -0.25) is 0 Å². The molecule has 0 amide bonds. The van der Waals surface area contributed by atoms with Crippen molar-refractivity contribution in [3.8, 4) is 0 Å². The third kappa shape index (κ3) is 7.18. The summed E-state index contributed by atoms with van der Waals surface area (Å²) in [6.45, 7) is 35.0. The summed E-state index contributed by atoms with van der Waals surface area (Å²) in [6.07, 6.45) is 0. The highest BCUT2D eigenvalue weighted by molar-refractivity contribution is 5.42. The zero-order chi connectivity index (χ0) is 36.0. The maximum absolute atomic E-state index is 2.72. The van der Waals surface area contributed by atoms with Gasteiger partial charge in [-0.2, -0.15) is 0 Å². The van der Waals surface area contributed by atoms with Gasteiger partial charge in [-0.1, -0.05) is 70.8 Å². The highest BCUT2D eigenvalue weighted by atomic mass is 15.5. The second-order valence-corrected chi connectivity index (χ2v) is 15.8. The molecule has 4 aromatic rings. The predicted octanol–water partition coefficient (Wildman–Crippen LogP) is 9.85. The Bertz CT molecular complexity index is 1590. The zero-order valence-electron chi connectivity index (χ0n) is 33.1. The molecule has 2 aliphatic rings. The Balaban J connectivity index is 1.53. The fourth-order valence-corrected chi connectivity index (χ4v) is 9.09. The molecule has 264 valence electrons. The van der Waals surface area contributed by atoms with E-state index in [1.807, 2.05) is 0 Å². The molecule has 2 saturated heterocycles. The molecule has 6 rings (SSSR count). The van der Waals surface area contributed by atoms with Crippen molar-refractivity contribution < 1.29 is 0 Å². The molecule has 0 spiro atoms. The molecule has 0 bridgehead atoms. The van der Waals surface area contributed by atoms with E-state index in [1.165, 1.54) is 101 Å². The molecule has 4 nitrogen and oxygen atoms in total. The summed E-state index contributed by atoms with van der Waals surface area (Å²) in [7, 11) is 0. The average molecular weight is 669 g/mol. The van der Waals surface area contributed by atoms with E-state index in [0.29, 0.717) is 0 Å². The average Bonchev–Trinajstić information content (AvgIpc) is 3.58. The highest BCUT2D eigenvalue weighted by Gasteiger charge is 2.37. The van der Waals surface area contributed by atoms with Gasteiger partial charge in [0.1, 0.15) is 11.6 Å². The van der Waals surface area contributed by atoms with Gasteiger partial charge in [-0.25, -0.2) is 0 Å². The molecule has 0 unspecified atom stereocenters. The standard InChI is InChI=1S/C46H60N4/c1-29-17-33(5)41(34(6)18-29)25-47-13-14-48(26-42-35(7)19-30(2)20-36(42)8)45(47)46-49(27-43-37(9)21-31(3)22-38(43)10)15-16-50(46)28-44-39(11)23-32(4)24-40(44)12/h17-24H,13-16,25-28H2,1-12H3. The van der Waals surface area contributed by atoms with Crippen LogP contribution < -0.4 is 0 Å². The monoisotopic (exact) mass is 668 g/mol. The minimum absolute atomic E-state index is 0.923. The van der Waals surface area contributed by atoms with Crippen LogP contribution >= 0.6 is 0 Å². The van der Waals surface area contributed by atoms with Crippen molar-refractivity contribution in [2.75, 3.05) is 26.2 Å². The Labute approximate surface area is 303 Å². The molecule has 2 aliphatic heterocycles. The zero-order valence-corrected chi connectivity index (χ0v) is 33.1. The molecule has 0 aromatic heterocycles. The number of aryl methyl sites for hydroxylation is 12. The molecule has 0 radical (unpaired) electrons. The molecule has 0 saturated carbocycles. The second kappa shape index (κ2) is 14.2. The summed E-state index contributed by atoms with van der Waals surface area (Å²) in [6, 6.07) is 18.9. The van der Waals surface area contributed by atoms with Crippen LogP contribution in [0.3, 0.4) is 0 Å². The van der Waals surface area contributed by atoms with Gasteiger partial charge >= 0.3 is 0 Å². The number of benzene rings is 4. The largest absolute Gasteiger partial charge is 0.349 e. The Kier molecular flexibility index (Phi) is 10.1. The van der Waals surface area contributed by atoms with Gasteiger partial charge in [0.15, 0.2) is 0 Å². The Morgan fingerprint density at radius 3 is 0.620 bits per heavy atom. The summed E-state index contributed by atoms with van der Waals surface area (Å²) >= 11 is 0. The smallest absolute Gasteiger partial charge is 0.146 e. The van der Waals surface area contributed by atoms with E-state index >= 15 is 0 Å². The van der Waals surface area contributed by atoms with Gasteiger partial charge in [-0.15, -0.1) is 0 Å². The van der Waals surface area contributed by atoms with Gasteiger partial charge in [0.05, 0.1) is 0 Å². The first-order valence-electron chi connectivity index (χ1n) is 18.7. The van der Waals surface area contributed by atoms with Gasteiger partial charge < -0.3 is 19.6 Å². The lowest BCUT2D eigenvalue weighted by molar-refractivity contribution is 0.244. The van der Waals surface area contributed by atoms with Crippen molar-refractivity contribution in [1.82, 2.24) is 19.6 Å². The lowest BCUT2D eigenvalue weighted by Gasteiger charge is -2.35. The summed E-state index contributed by atoms with van der Waals surface area (Å²) in [5, 5.41) is 0. The molecule has 0 aliphatic carbocycles. The van der Waals surface area contributed by atoms with E-state index in [-0.39, 0.29) is 0 Å². The summed E-state index contributed by atoms with van der Waals surface area (Å²) < 4.78 is 0. The lowest BCUT2D eigenvalue weighted by Crippen LogP contribution is -2.34. The molecule has 0 atom stereocenters. The van der Waals surface area contributed by atoms with Crippen LogP contribution in [0.15, 0.2) is 60.2 Å². The van der Waals surface area contributed by atoms with E-state index in [4.69, 9.17) is 0 Å². The van der Waals surface area contributed by atoms with Crippen LogP contribution in [-0.2, 0) is 26.2 Å². The van der Waals surface area contributed by atoms with Gasteiger partial charge in [0.25, 0.3) is 0 Å². The highest BCUT2D eigenvalue weighted by Crippen LogP contribution is 2.37. The second-order valence-electron chi connectivity index (χ2n) is 15.8. The van der Waals surface area contributed by atoms with Crippen LogP contribution in [0.25, 0.3) is 0 Å². The molecule has 0 N–H and O–H groups in total. The van der Waals surface area contributed by atoms with Crippen LogP contribution in [0, 0.1) is 83.1 Å². The minimum Gasteiger partial charge on any atom is -0.349 e. The van der Waals surface area contributed by atoms with Gasteiger partial charge in [0, 0.05) is 52.4 Å². The third-order valence-corrected chi connectivity index (χ3v) is 11.4. The maximum atomic E-state index is 2.72. The van der Waals surface area contributed by atoms with Crippen molar-refractivity contribution in [2.45, 2.75) is 109 Å². The molecule has 4 aromatic carbocycles. The van der Waals surface area contributed by atoms with Crippen molar-refractivity contribution in [3.05, 3.63) is 149 Å². The van der Waals surface area contributed by atoms with E-state index in [9.17, 15) is 0 Å². The summed E-state index contributed by atoms with van der Waals surface area (Å²) in [5.41, 5.74) is 22.4. The van der Waals surface area contributed by atoms with Crippen molar-refractivity contribution >= 4 is 0 Å². The lowest BCUT2D eigenvalue weighted by atomic mass is 9.98. The third-order valence-electron chi connectivity index (χ3n) is 11.4. The fourth-order valence-electron chi connectivity index (χ4n) is 9.09. The molecule has 2 heterocycles. The summed E-state index contributed by atoms with van der Waals surface area (Å²) in [5.74, 6) is 2.79. The molecule has 2 fully saturated rings. The number of hydrogen-bond donors (Lipinski definition) is 0. The van der Waals surface area contributed by atoms with Gasteiger partial charge in [0.2, 0.25) is 0 Å². The first kappa shape index (κ1) is 35.6. The van der Waals surface area contributed by atoms with Crippen molar-refractivity contribution in [1.29, 1.82) is 0 Å². The molecule has 4 heteroatoms.